The van der Waals surface area contributed by atoms with E-state index in [1.165, 1.54) is 115 Å². The van der Waals surface area contributed by atoms with Crippen molar-refractivity contribution < 1.29 is 9.13 Å². The lowest BCUT2D eigenvalue weighted by Crippen LogP contribution is -2.14. The second-order valence-corrected chi connectivity index (χ2v) is 9.69. The van der Waals surface area contributed by atoms with Crippen LogP contribution in [0.1, 0.15) is 127 Å². The van der Waals surface area contributed by atoms with Crippen LogP contribution in [-0.4, -0.2) is 12.3 Å². The van der Waals surface area contributed by atoms with Crippen molar-refractivity contribution in [2.45, 2.75) is 129 Å². The molecule has 0 saturated heterocycles. The summed E-state index contributed by atoms with van der Waals surface area (Å²) < 4.78 is 19.5. The van der Waals surface area contributed by atoms with E-state index in [4.69, 9.17) is 10.00 Å². The van der Waals surface area contributed by atoms with E-state index in [0.29, 0.717) is 12.2 Å². The first kappa shape index (κ1) is 29.1. The van der Waals surface area contributed by atoms with Gasteiger partial charge in [-0.25, -0.2) is 4.39 Å². The van der Waals surface area contributed by atoms with E-state index in [1.54, 1.807) is 6.07 Å². The quantitative estimate of drug-likeness (QED) is 0.134. The maximum Gasteiger partial charge on any atom is 0.124 e. The van der Waals surface area contributed by atoms with E-state index >= 15 is 0 Å². The van der Waals surface area contributed by atoms with Crippen LogP contribution < -0.4 is 0 Å². The zero-order valence-electron chi connectivity index (χ0n) is 20.6. The van der Waals surface area contributed by atoms with Crippen molar-refractivity contribution in [1.82, 2.24) is 0 Å². The molecule has 0 N–H and O–H groups in total. The van der Waals surface area contributed by atoms with Crippen LogP contribution in [0.4, 0.5) is 4.39 Å². The van der Waals surface area contributed by atoms with E-state index in [-0.39, 0.29) is 11.9 Å². The smallest absolute Gasteiger partial charge is 0.124 e. The maximum absolute atomic E-state index is 13.5. The number of benzene rings is 1. The lowest BCUT2D eigenvalue weighted by molar-refractivity contribution is 0.0487. The zero-order valence-corrected chi connectivity index (χ0v) is 21.7. The Balaban J connectivity index is 1.93. The maximum atomic E-state index is 13.5. The van der Waals surface area contributed by atoms with E-state index in [1.807, 2.05) is 6.07 Å². The number of unbranched alkanes of at least 4 members (excludes halogenated alkanes) is 15. The average Bonchev–Trinajstić information content (AvgIpc) is 2.80. The van der Waals surface area contributed by atoms with E-state index < -0.39 is 0 Å². The van der Waals surface area contributed by atoms with Crippen LogP contribution >= 0.6 is 9.24 Å². The number of nitrogens with zero attached hydrogens (tertiary/aromatic N) is 1. The van der Waals surface area contributed by atoms with Crippen LogP contribution in [0, 0.1) is 17.1 Å². The molecule has 0 radical (unpaired) electrons. The number of hydrogen-bond donors (Lipinski definition) is 0. The average molecular weight is 464 g/mol. The van der Waals surface area contributed by atoms with Crippen LogP contribution in [-0.2, 0) is 11.3 Å². The minimum Gasteiger partial charge on any atom is -0.373 e. The second-order valence-electron chi connectivity index (χ2n) is 9.22. The molecule has 0 aliphatic rings. The van der Waals surface area contributed by atoms with Gasteiger partial charge in [-0.3, -0.25) is 0 Å². The predicted octanol–water partition coefficient (Wildman–Crippen LogP) is 9.11. The Hall–Kier alpha value is -0.970. The summed E-state index contributed by atoms with van der Waals surface area (Å²) in [5.41, 5.74) is 1.08. The first-order valence-electron chi connectivity index (χ1n) is 13.2. The van der Waals surface area contributed by atoms with Gasteiger partial charge in [0, 0.05) is 0 Å². The van der Waals surface area contributed by atoms with Gasteiger partial charge in [0.25, 0.3) is 0 Å². The van der Waals surface area contributed by atoms with Gasteiger partial charge in [0.05, 0.1) is 24.3 Å². The highest BCUT2D eigenvalue weighted by Crippen LogP contribution is 2.17. The van der Waals surface area contributed by atoms with Crippen molar-refractivity contribution in [3.63, 3.8) is 0 Å². The Morgan fingerprint density at radius 3 is 1.78 bits per heavy atom. The van der Waals surface area contributed by atoms with Gasteiger partial charge in [0.1, 0.15) is 5.82 Å². The third kappa shape index (κ3) is 15.8. The molecule has 0 spiro atoms. The van der Waals surface area contributed by atoms with Crippen LogP contribution in [0.15, 0.2) is 18.2 Å². The summed E-state index contributed by atoms with van der Waals surface area (Å²) in [6, 6.07) is 6.41. The van der Waals surface area contributed by atoms with E-state index in [0.717, 1.165) is 18.1 Å². The molecule has 0 aliphatic heterocycles. The standard InChI is InChI=1S/C28H47FNOP/c1-2-3-4-5-6-7-8-9-10-11-12-13-14-15-16-17-18-28(24-32)31-23-26-19-25(22-30)20-27(29)21-26/h19-21,28H,2-18,23-24,32H2,1H3/t28-/m0/s1. The minimum atomic E-state index is -0.372. The summed E-state index contributed by atoms with van der Waals surface area (Å²) in [5, 5.41) is 8.96. The van der Waals surface area contributed by atoms with E-state index in [9.17, 15) is 4.39 Å². The van der Waals surface area contributed by atoms with Gasteiger partial charge < -0.3 is 4.74 Å². The molecule has 0 aromatic heterocycles. The Labute approximate surface area is 199 Å². The summed E-state index contributed by atoms with van der Waals surface area (Å²) in [7, 11) is 2.76. The number of hydrogen-bond acceptors (Lipinski definition) is 2. The molecule has 4 heteroatoms. The molecule has 0 heterocycles. The van der Waals surface area contributed by atoms with Gasteiger partial charge >= 0.3 is 0 Å². The fraction of sp³-hybridized carbons (Fsp3) is 0.750. The van der Waals surface area contributed by atoms with Crippen molar-refractivity contribution in [2.24, 2.45) is 0 Å². The predicted molar refractivity (Wildman–Crippen MR) is 138 cm³/mol. The molecule has 1 rings (SSSR count). The molecule has 32 heavy (non-hydrogen) atoms. The third-order valence-electron chi connectivity index (χ3n) is 6.21. The minimum absolute atomic E-state index is 0.181. The highest BCUT2D eigenvalue weighted by Gasteiger charge is 2.08. The molecule has 1 aromatic rings. The lowest BCUT2D eigenvalue weighted by Gasteiger charge is -2.16. The second kappa shape index (κ2) is 20.6. The number of halogens is 1. The molecule has 2 nitrogen and oxygen atoms in total. The summed E-state index contributed by atoms with van der Waals surface area (Å²) >= 11 is 0. The first-order chi connectivity index (χ1) is 15.7. The van der Waals surface area contributed by atoms with Crippen LogP contribution in [0.25, 0.3) is 0 Å². The monoisotopic (exact) mass is 463 g/mol. The molecule has 0 saturated carbocycles. The van der Waals surface area contributed by atoms with Crippen molar-refractivity contribution in [3.8, 4) is 6.07 Å². The Bertz CT molecular complexity index is 616. The lowest BCUT2D eigenvalue weighted by atomic mass is 10.0. The normalized spacial score (nSPS) is 12.1. The summed E-state index contributed by atoms with van der Waals surface area (Å²) in [6.45, 7) is 2.65. The van der Waals surface area contributed by atoms with Gasteiger partial charge in [0.2, 0.25) is 0 Å². The van der Waals surface area contributed by atoms with Crippen molar-refractivity contribution in [2.75, 3.05) is 6.16 Å². The van der Waals surface area contributed by atoms with Crippen molar-refractivity contribution >= 4 is 9.24 Å². The molecule has 182 valence electrons. The topological polar surface area (TPSA) is 33.0 Å². The molecule has 1 unspecified atom stereocenters. The summed E-state index contributed by atoms with van der Waals surface area (Å²) in [5.74, 6) is -0.372. The van der Waals surface area contributed by atoms with Gasteiger partial charge in [-0.1, -0.05) is 110 Å². The number of rotatable bonds is 21. The van der Waals surface area contributed by atoms with Gasteiger partial charge in [-0.05, 0) is 36.3 Å². The molecule has 1 aromatic carbocycles. The molecular weight excluding hydrogens is 416 g/mol. The molecule has 0 fully saturated rings. The fourth-order valence-electron chi connectivity index (χ4n) is 4.20. The molecule has 0 aliphatic carbocycles. The largest absolute Gasteiger partial charge is 0.373 e. The highest BCUT2D eigenvalue weighted by molar-refractivity contribution is 7.16. The summed E-state index contributed by atoms with van der Waals surface area (Å²) in [4.78, 5) is 0. The Kier molecular flexibility index (Phi) is 18.7. The van der Waals surface area contributed by atoms with E-state index in [2.05, 4.69) is 16.2 Å². The molecule has 0 bridgehead atoms. The van der Waals surface area contributed by atoms with Gasteiger partial charge in [-0.15, -0.1) is 9.24 Å². The van der Waals surface area contributed by atoms with Gasteiger partial charge in [-0.2, -0.15) is 5.26 Å². The van der Waals surface area contributed by atoms with Crippen molar-refractivity contribution in [1.29, 1.82) is 5.26 Å². The molecular formula is C28H47FNOP. The van der Waals surface area contributed by atoms with Crippen LogP contribution in [0.3, 0.4) is 0 Å². The Morgan fingerprint density at radius 1 is 0.812 bits per heavy atom. The molecule has 0 amide bonds. The van der Waals surface area contributed by atoms with Crippen LogP contribution in [0.5, 0.6) is 0 Å². The Morgan fingerprint density at radius 2 is 1.31 bits per heavy atom. The number of ether oxygens (including phenoxy) is 1. The highest BCUT2D eigenvalue weighted by atomic mass is 31.0. The fourth-order valence-corrected chi connectivity index (χ4v) is 4.57. The SMILES string of the molecule is CCCCCCCCCCCCCCCCCC[C@@H](CP)OCc1cc(F)cc(C#N)c1. The zero-order chi connectivity index (χ0) is 23.3. The van der Waals surface area contributed by atoms with Gasteiger partial charge in [0.15, 0.2) is 0 Å². The number of nitriles is 1. The first-order valence-corrected chi connectivity index (χ1v) is 14.0. The molecule has 2 atom stereocenters. The third-order valence-corrected chi connectivity index (χ3v) is 6.74. The van der Waals surface area contributed by atoms with Crippen molar-refractivity contribution in [3.05, 3.63) is 35.1 Å². The summed E-state index contributed by atoms with van der Waals surface area (Å²) in [6.07, 6.45) is 24.2. The van der Waals surface area contributed by atoms with Crippen LogP contribution in [0.2, 0.25) is 0 Å².